The van der Waals surface area contributed by atoms with E-state index in [9.17, 15) is 4.79 Å². The summed E-state index contributed by atoms with van der Waals surface area (Å²) in [6, 6.07) is 13.4. The minimum atomic E-state index is -0.148. The van der Waals surface area contributed by atoms with Crippen LogP contribution in [0.1, 0.15) is 35.1 Å². The summed E-state index contributed by atoms with van der Waals surface area (Å²) >= 11 is 1.43. The quantitative estimate of drug-likeness (QED) is 0.375. The van der Waals surface area contributed by atoms with Gasteiger partial charge < -0.3 is 4.42 Å². The standard InChI is InChI=1S/C21H20N4O2S/c1-12-8-7-11-18(13(12)2)25-20(26)16-9-5-6-10-17(16)22-21(25)28-14(3)19-24-23-15(4)27-19/h5-11,14H,1-4H3. The van der Waals surface area contributed by atoms with Crippen LogP contribution >= 0.6 is 11.8 Å². The maximum absolute atomic E-state index is 13.4. The Morgan fingerprint density at radius 2 is 1.82 bits per heavy atom. The van der Waals surface area contributed by atoms with E-state index in [1.54, 1.807) is 11.5 Å². The number of nitrogens with zero attached hydrogens (tertiary/aromatic N) is 4. The van der Waals surface area contributed by atoms with Crippen LogP contribution in [0.25, 0.3) is 16.6 Å². The first-order valence-electron chi connectivity index (χ1n) is 9.00. The Labute approximate surface area is 166 Å². The Balaban J connectivity index is 1.93. The number of benzene rings is 2. The van der Waals surface area contributed by atoms with Gasteiger partial charge in [0.25, 0.3) is 5.56 Å². The maximum Gasteiger partial charge on any atom is 0.266 e. The molecule has 1 unspecified atom stereocenters. The second kappa shape index (κ2) is 7.24. The zero-order chi connectivity index (χ0) is 19.8. The summed E-state index contributed by atoms with van der Waals surface area (Å²) in [6.07, 6.45) is 0. The molecule has 0 aliphatic carbocycles. The minimum Gasteiger partial charge on any atom is -0.424 e. The first-order chi connectivity index (χ1) is 13.5. The number of fused-ring (bicyclic) bond motifs is 1. The highest BCUT2D eigenvalue weighted by atomic mass is 32.2. The molecule has 2 aromatic carbocycles. The molecule has 0 saturated carbocycles. The third-order valence-corrected chi connectivity index (χ3v) is 5.77. The smallest absolute Gasteiger partial charge is 0.266 e. The van der Waals surface area contributed by atoms with E-state index < -0.39 is 0 Å². The van der Waals surface area contributed by atoms with Crippen LogP contribution in [0.2, 0.25) is 0 Å². The van der Waals surface area contributed by atoms with Gasteiger partial charge in [-0.3, -0.25) is 9.36 Å². The average Bonchev–Trinajstić information content (AvgIpc) is 3.12. The van der Waals surface area contributed by atoms with E-state index >= 15 is 0 Å². The molecule has 0 amide bonds. The van der Waals surface area contributed by atoms with Crippen LogP contribution in [0.4, 0.5) is 0 Å². The molecule has 28 heavy (non-hydrogen) atoms. The van der Waals surface area contributed by atoms with Crippen LogP contribution in [0.5, 0.6) is 0 Å². The number of hydrogen-bond acceptors (Lipinski definition) is 6. The molecule has 0 fully saturated rings. The second-order valence-electron chi connectivity index (χ2n) is 6.69. The summed E-state index contributed by atoms with van der Waals surface area (Å²) in [5, 5.41) is 9.05. The molecule has 1 atom stereocenters. The minimum absolute atomic E-state index is 0.0873. The normalized spacial score (nSPS) is 12.4. The summed E-state index contributed by atoms with van der Waals surface area (Å²) in [5.41, 5.74) is 3.58. The van der Waals surface area contributed by atoms with Gasteiger partial charge in [0.1, 0.15) is 0 Å². The van der Waals surface area contributed by atoms with Gasteiger partial charge >= 0.3 is 0 Å². The Morgan fingerprint density at radius 1 is 1.04 bits per heavy atom. The molecule has 0 spiro atoms. The highest BCUT2D eigenvalue weighted by molar-refractivity contribution is 7.99. The molecular weight excluding hydrogens is 372 g/mol. The molecular formula is C21H20N4O2S. The molecule has 0 saturated heterocycles. The van der Waals surface area contributed by atoms with Crippen molar-refractivity contribution in [1.82, 2.24) is 19.7 Å². The van der Waals surface area contributed by atoms with Gasteiger partial charge in [0.15, 0.2) is 5.16 Å². The van der Waals surface area contributed by atoms with E-state index in [1.807, 2.05) is 63.2 Å². The van der Waals surface area contributed by atoms with Crippen molar-refractivity contribution in [3.05, 3.63) is 75.7 Å². The zero-order valence-corrected chi connectivity index (χ0v) is 16.9. The third kappa shape index (κ3) is 3.22. The SMILES string of the molecule is Cc1nnc(C(C)Sc2nc3ccccc3c(=O)n2-c2cccc(C)c2C)o1. The Morgan fingerprint density at radius 3 is 2.57 bits per heavy atom. The monoisotopic (exact) mass is 392 g/mol. The molecule has 0 bridgehead atoms. The van der Waals surface area contributed by atoms with Crippen molar-refractivity contribution < 1.29 is 4.42 Å². The number of thioether (sulfide) groups is 1. The van der Waals surface area contributed by atoms with Gasteiger partial charge in [0.2, 0.25) is 11.8 Å². The summed E-state index contributed by atoms with van der Waals surface area (Å²) in [6.45, 7) is 7.78. The van der Waals surface area contributed by atoms with Crippen molar-refractivity contribution in [1.29, 1.82) is 0 Å². The Bertz CT molecular complexity index is 1230. The summed E-state index contributed by atoms with van der Waals surface area (Å²) in [4.78, 5) is 18.2. The molecule has 142 valence electrons. The topological polar surface area (TPSA) is 73.8 Å². The number of aryl methyl sites for hydroxylation is 2. The summed E-state index contributed by atoms with van der Waals surface area (Å²) in [5.74, 6) is 1.03. The zero-order valence-electron chi connectivity index (χ0n) is 16.1. The molecule has 0 radical (unpaired) electrons. The van der Waals surface area contributed by atoms with E-state index in [0.29, 0.717) is 27.8 Å². The van der Waals surface area contributed by atoms with E-state index in [4.69, 9.17) is 9.40 Å². The molecule has 0 aliphatic heterocycles. The van der Waals surface area contributed by atoms with Gasteiger partial charge in [0, 0.05) is 6.92 Å². The van der Waals surface area contributed by atoms with E-state index in [-0.39, 0.29) is 10.8 Å². The Kier molecular flexibility index (Phi) is 4.77. The molecule has 0 aliphatic rings. The van der Waals surface area contributed by atoms with Crippen LogP contribution in [-0.2, 0) is 0 Å². The first kappa shape index (κ1) is 18.4. The van der Waals surface area contributed by atoms with Gasteiger partial charge in [-0.2, -0.15) is 0 Å². The first-order valence-corrected chi connectivity index (χ1v) is 9.88. The van der Waals surface area contributed by atoms with Crippen LogP contribution in [0.15, 0.2) is 56.8 Å². The number of para-hydroxylation sites is 1. The van der Waals surface area contributed by atoms with Gasteiger partial charge in [-0.1, -0.05) is 36.0 Å². The highest BCUT2D eigenvalue weighted by Crippen LogP contribution is 2.34. The molecule has 7 heteroatoms. The van der Waals surface area contributed by atoms with Crippen molar-refractivity contribution >= 4 is 22.7 Å². The van der Waals surface area contributed by atoms with Crippen LogP contribution < -0.4 is 5.56 Å². The lowest BCUT2D eigenvalue weighted by Crippen LogP contribution is -2.23. The third-order valence-electron chi connectivity index (χ3n) is 4.73. The second-order valence-corrected chi connectivity index (χ2v) is 8.00. The fourth-order valence-corrected chi connectivity index (χ4v) is 4.02. The van der Waals surface area contributed by atoms with E-state index in [1.165, 1.54) is 11.8 Å². The predicted octanol–water partition coefficient (Wildman–Crippen LogP) is 4.55. The van der Waals surface area contributed by atoms with Crippen molar-refractivity contribution in [2.45, 2.75) is 38.1 Å². The lowest BCUT2D eigenvalue weighted by atomic mass is 10.1. The van der Waals surface area contributed by atoms with Crippen LogP contribution in [-0.4, -0.2) is 19.7 Å². The molecule has 2 aromatic heterocycles. The lowest BCUT2D eigenvalue weighted by molar-refractivity contribution is 0.470. The highest BCUT2D eigenvalue weighted by Gasteiger charge is 2.21. The van der Waals surface area contributed by atoms with Crippen LogP contribution in [0, 0.1) is 20.8 Å². The Hall–Kier alpha value is -2.93. The number of rotatable bonds is 4. The van der Waals surface area contributed by atoms with Crippen molar-refractivity contribution in [3.8, 4) is 5.69 Å². The van der Waals surface area contributed by atoms with Crippen LogP contribution in [0.3, 0.4) is 0 Å². The predicted molar refractivity (Wildman–Crippen MR) is 110 cm³/mol. The van der Waals surface area contributed by atoms with Crippen molar-refractivity contribution in [2.24, 2.45) is 0 Å². The summed E-state index contributed by atoms with van der Waals surface area (Å²) < 4.78 is 7.25. The fourth-order valence-electron chi connectivity index (χ4n) is 3.07. The summed E-state index contributed by atoms with van der Waals surface area (Å²) in [7, 11) is 0. The van der Waals surface area contributed by atoms with Gasteiger partial charge in [-0.15, -0.1) is 10.2 Å². The van der Waals surface area contributed by atoms with Crippen molar-refractivity contribution in [3.63, 3.8) is 0 Å². The lowest BCUT2D eigenvalue weighted by Gasteiger charge is -2.17. The fraction of sp³-hybridized carbons (Fsp3) is 0.238. The van der Waals surface area contributed by atoms with Gasteiger partial charge in [-0.25, -0.2) is 4.98 Å². The molecule has 0 N–H and O–H groups in total. The number of hydrogen-bond donors (Lipinski definition) is 0. The van der Waals surface area contributed by atoms with E-state index in [0.717, 1.165) is 16.8 Å². The van der Waals surface area contributed by atoms with Crippen molar-refractivity contribution in [2.75, 3.05) is 0 Å². The maximum atomic E-state index is 13.4. The van der Waals surface area contributed by atoms with E-state index in [2.05, 4.69) is 10.2 Å². The average molecular weight is 392 g/mol. The molecule has 6 nitrogen and oxygen atoms in total. The van der Waals surface area contributed by atoms with Gasteiger partial charge in [-0.05, 0) is 50.1 Å². The number of aromatic nitrogens is 4. The largest absolute Gasteiger partial charge is 0.424 e. The molecule has 4 aromatic rings. The molecule has 4 rings (SSSR count). The molecule has 2 heterocycles. The van der Waals surface area contributed by atoms with Gasteiger partial charge in [0.05, 0.1) is 21.8 Å².